The van der Waals surface area contributed by atoms with E-state index < -0.39 is 0 Å². The number of anilines is 2. The second-order valence-corrected chi connectivity index (χ2v) is 10.4. The third-order valence-corrected chi connectivity index (χ3v) is 7.81. The highest BCUT2D eigenvalue weighted by atomic mass is 16.5. The minimum atomic E-state index is 0.547. The number of aromatic nitrogens is 4. The van der Waals surface area contributed by atoms with Crippen molar-refractivity contribution in [1.82, 2.24) is 19.5 Å². The Morgan fingerprint density at radius 1 is 0.767 bits per heavy atom. The molecule has 2 aromatic heterocycles. The van der Waals surface area contributed by atoms with Gasteiger partial charge in [0.1, 0.15) is 5.52 Å². The zero-order valence-corrected chi connectivity index (χ0v) is 25.0. The Kier molecular flexibility index (Phi) is 8.17. The fourth-order valence-electron chi connectivity index (χ4n) is 5.58. The fraction of sp³-hybridized carbons (Fsp3) is 0.303. The predicted octanol–water partition coefficient (Wildman–Crippen LogP) is 5.13. The fourth-order valence-corrected chi connectivity index (χ4v) is 5.58. The van der Waals surface area contributed by atoms with Crippen LogP contribution in [0.2, 0.25) is 0 Å². The first-order chi connectivity index (χ1) is 21.1. The molecule has 0 radical (unpaired) electrons. The third kappa shape index (κ3) is 5.86. The lowest BCUT2D eigenvalue weighted by Gasteiger charge is -2.31. The van der Waals surface area contributed by atoms with Crippen molar-refractivity contribution >= 4 is 22.9 Å². The van der Waals surface area contributed by atoms with Crippen LogP contribution >= 0.6 is 0 Å². The van der Waals surface area contributed by atoms with Crippen molar-refractivity contribution in [2.24, 2.45) is 0 Å². The summed E-state index contributed by atoms with van der Waals surface area (Å²) in [6, 6.07) is 20.5. The molecule has 0 atom stereocenters. The van der Waals surface area contributed by atoms with Crippen LogP contribution in [0.4, 0.5) is 11.8 Å². The first kappa shape index (κ1) is 28.1. The van der Waals surface area contributed by atoms with Gasteiger partial charge in [0.2, 0.25) is 5.95 Å². The van der Waals surface area contributed by atoms with E-state index >= 15 is 0 Å². The molecule has 0 saturated heterocycles. The minimum absolute atomic E-state index is 0.547. The van der Waals surface area contributed by atoms with E-state index in [1.165, 1.54) is 16.7 Å². The zero-order chi connectivity index (χ0) is 29.8. The molecule has 1 N–H and O–H groups in total. The van der Waals surface area contributed by atoms with Crippen LogP contribution in [0.3, 0.4) is 0 Å². The van der Waals surface area contributed by atoms with Crippen molar-refractivity contribution in [1.29, 1.82) is 0 Å². The molecule has 0 amide bonds. The first-order valence-corrected chi connectivity index (χ1v) is 14.3. The summed E-state index contributed by atoms with van der Waals surface area (Å²) in [5, 5.41) is 3.44. The van der Waals surface area contributed by atoms with Crippen molar-refractivity contribution in [2.45, 2.75) is 25.9 Å². The maximum Gasteiger partial charge on any atom is 0.226 e. The molecule has 6 rings (SSSR count). The molecule has 3 aromatic carbocycles. The van der Waals surface area contributed by atoms with Crippen molar-refractivity contribution in [3.05, 3.63) is 89.2 Å². The maximum absolute atomic E-state index is 5.61. The Hall–Kier alpha value is -4.99. The molecule has 43 heavy (non-hydrogen) atoms. The number of rotatable bonds is 11. The van der Waals surface area contributed by atoms with Gasteiger partial charge in [0.25, 0.3) is 0 Å². The molecule has 0 fully saturated rings. The van der Waals surface area contributed by atoms with E-state index in [-0.39, 0.29) is 0 Å². The summed E-state index contributed by atoms with van der Waals surface area (Å²) in [6.07, 6.45) is 3.48. The van der Waals surface area contributed by atoms with Crippen LogP contribution in [0, 0.1) is 0 Å². The molecule has 1 aliphatic heterocycles. The van der Waals surface area contributed by atoms with Gasteiger partial charge < -0.3 is 33.7 Å². The lowest BCUT2D eigenvalue weighted by atomic mass is 9.98. The number of fused-ring (bicyclic) bond motifs is 2. The van der Waals surface area contributed by atoms with Gasteiger partial charge in [-0.15, -0.1) is 0 Å². The number of benzene rings is 3. The summed E-state index contributed by atoms with van der Waals surface area (Å²) < 4.78 is 24.1. The van der Waals surface area contributed by atoms with Crippen LogP contribution in [-0.4, -0.2) is 61.0 Å². The average Bonchev–Trinajstić information content (AvgIpc) is 3.45. The SMILES string of the molecule is COc1ccc(CCNc2nc(N3CCc4cc(OC)c(OC)cc4C3)c3c(ncn3Cc3ccccc3)n2)cc1OC. The van der Waals surface area contributed by atoms with E-state index in [1.54, 1.807) is 28.4 Å². The molecular formula is C33H36N6O4. The highest BCUT2D eigenvalue weighted by molar-refractivity contribution is 5.85. The molecule has 0 unspecified atom stereocenters. The number of nitrogens with zero attached hydrogens (tertiary/aromatic N) is 5. The number of nitrogens with one attached hydrogen (secondary N) is 1. The summed E-state index contributed by atoms with van der Waals surface area (Å²) in [5.41, 5.74) is 6.32. The molecule has 5 aromatic rings. The molecule has 0 aliphatic carbocycles. The molecule has 10 nitrogen and oxygen atoms in total. The Balaban J connectivity index is 1.31. The smallest absolute Gasteiger partial charge is 0.226 e. The van der Waals surface area contributed by atoms with Crippen molar-refractivity contribution in [3.8, 4) is 23.0 Å². The van der Waals surface area contributed by atoms with Crippen LogP contribution in [-0.2, 0) is 25.9 Å². The van der Waals surface area contributed by atoms with E-state index in [9.17, 15) is 0 Å². The van der Waals surface area contributed by atoms with Crippen molar-refractivity contribution in [2.75, 3.05) is 51.7 Å². The van der Waals surface area contributed by atoms with E-state index in [4.69, 9.17) is 33.9 Å². The highest BCUT2D eigenvalue weighted by Crippen LogP contribution is 2.36. The monoisotopic (exact) mass is 580 g/mol. The maximum atomic E-state index is 5.61. The van der Waals surface area contributed by atoms with Gasteiger partial charge in [-0.05, 0) is 59.4 Å². The van der Waals surface area contributed by atoms with E-state index in [2.05, 4.69) is 51.2 Å². The van der Waals surface area contributed by atoms with Crippen LogP contribution in [0.1, 0.15) is 22.3 Å². The first-order valence-electron chi connectivity index (χ1n) is 14.3. The molecular weight excluding hydrogens is 544 g/mol. The number of methoxy groups -OCH3 is 4. The lowest BCUT2D eigenvalue weighted by molar-refractivity contribution is 0.353. The van der Waals surface area contributed by atoms with Crippen LogP contribution in [0.15, 0.2) is 67.0 Å². The van der Waals surface area contributed by atoms with Gasteiger partial charge in [-0.3, -0.25) is 0 Å². The Morgan fingerprint density at radius 3 is 2.23 bits per heavy atom. The normalized spacial score (nSPS) is 12.6. The van der Waals surface area contributed by atoms with Gasteiger partial charge in [-0.2, -0.15) is 9.97 Å². The number of hydrogen-bond donors (Lipinski definition) is 1. The number of hydrogen-bond acceptors (Lipinski definition) is 9. The summed E-state index contributed by atoms with van der Waals surface area (Å²) in [6.45, 7) is 2.81. The minimum Gasteiger partial charge on any atom is -0.493 e. The average molecular weight is 581 g/mol. The van der Waals surface area contributed by atoms with Gasteiger partial charge in [-0.25, -0.2) is 4.98 Å². The summed E-state index contributed by atoms with van der Waals surface area (Å²) in [7, 11) is 6.62. The summed E-state index contributed by atoms with van der Waals surface area (Å²) >= 11 is 0. The molecule has 10 heteroatoms. The van der Waals surface area contributed by atoms with E-state index in [1.807, 2.05) is 30.6 Å². The van der Waals surface area contributed by atoms with Gasteiger partial charge in [0, 0.05) is 26.2 Å². The zero-order valence-electron chi connectivity index (χ0n) is 25.0. The van der Waals surface area contributed by atoms with Gasteiger partial charge in [-0.1, -0.05) is 36.4 Å². The molecule has 0 saturated carbocycles. The van der Waals surface area contributed by atoms with Crippen LogP contribution in [0.25, 0.3) is 11.2 Å². The van der Waals surface area contributed by atoms with Crippen molar-refractivity contribution < 1.29 is 18.9 Å². The van der Waals surface area contributed by atoms with E-state index in [0.29, 0.717) is 42.7 Å². The van der Waals surface area contributed by atoms with E-state index in [0.717, 1.165) is 47.8 Å². The van der Waals surface area contributed by atoms with Gasteiger partial charge in [0.05, 0.1) is 34.8 Å². The van der Waals surface area contributed by atoms with Crippen molar-refractivity contribution in [3.63, 3.8) is 0 Å². The Morgan fingerprint density at radius 2 is 1.49 bits per heavy atom. The van der Waals surface area contributed by atoms with Gasteiger partial charge >= 0.3 is 0 Å². The molecule has 0 spiro atoms. The Labute approximate surface area is 251 Å². The lowest BCUT2D eigenvalue weighted by Crippen LogP contribution is -2.32. The second kappa shape index (κ2) is 12.5. The van der Waals surface area contributed by atoms with Crippen LogP contribution < -0.4 is 29.2 Å². The molecule has 1 aliphatic rings. The number of imidazole rings is 1. The predicted molar refractivity (Wildman–Crippen MR) is 167 cm³/mol. The summed E-state index contributed by atoms with van der Waals surface area (Å²) in [4.78, 5) is 16.9. The topological polar surface area (TPSA) is 95.8 Å². The van der Waals surface area contributed by atoms with Crippen LogP contribution in [0.5, 0.6) is 23.0 Å². The third-order valence-electron chi connectivity index (χ3n) is 7.81. The highest BCUT2D eigenvalue weighted by Gasteiger charge is 2.25. The second-order valence-electron chi connectivity index (χ2n) is 10.4. The largest absolute Gasteiger partial charge is 0.493 e. The quantitative estimate of drug-likeness (QED) is 0.228. The molecule has 0 bridgehead atoms. The summed E-state index contributed by atoms with van der Waals surface area (Å²) in [5.74, 6) is 4.30. The molecule has 222 valence electrons. The molecule has 3 heterocycles. The van der Waals surface area contributed by atoms with Gasteiger partial charge in [0.15, 0.2) is 34.5 Å². The number of ether oxygens (including phenoxy) is 4. The standard InChI is InChI=1S/C33H36N6O4/c1-40-26-11-10-22(16-27(26)41-2)12-14-34-33-36-31-30(39(21-35-31)19-23-8-6-5-7-9-23)32(37-33)38-15-13-24-17-28(42-3)29(43-4)18-25(24)20-38/h5-11,16-18,21H,12-15,19-20H2,1-4H3,(H,34,36,37). The Bertz CT molecular complexity index is 1720.